The lowest BCUT2D eigenvalue weighted by molar-refractivity contribution is -0.182. The van der Waals surface area contributed by atoms with E-state index in [4.69, 9.17) is 29.9 Å². The predicted octanol–water partition coefficient (Wildman–Crippen LogP) is 2.41. The quantitative estimate of drug-likeness (QED) is 0.289. The molecule has 0 saturated carbocycles. The summed E-state index contributed by atoms with van der Waals surface area (Å²) >= 11 is 0.791. The highest BCUT2D eigenvalue weighted by molar-refractivity contribution is 7.10. The average molecular weight is 629 g/mol. The van der Waals surface area contributed by atoms with Crippen molar-refractivity contribution in [3.05, 3.63) is 63.0 Å². The summed E-state index contributed by atoms with van der Waals surface area (Å²) in [7, 11) is 1.64. The highest BCUT2D eigenvalue weighted by Gasteiger charge is 2.51. The van der Waals surface area contributed by atoms with E-state index in [0.717, 1.165) is 40.0 Å². The molecule has 4 N–H and O–H groups in total. The number of carboxylic acids is 2. The Morgan fingerprint density at radius 1 is 1.16 bits per heavy atom. The van der Waals surface area contributed by atoms with Gasteiger partial charge >= 0.3 is 11.9 Å². The molecule has 5 rings (SSSR count). The van der Waals surface area contributed by atoms with Gasteiger partial charge in [0.1, 0.15) is 12.2 Å². The number of aliphatic hydroxyl groups excluding tert-OH is 2. The first-order valence-electron chi connectivity index (χ1n) is 13.1. The first-order valence-corrected chi connectivity index (χ1v) is 13.9. The molecule has 2 aliphatic heterocycles. The van der Waals surface area contributed by atoms with Crippen LogP contribution in [0.15, 0.2) is 30.6 Å². The number of fused-ring (bicyclic) bond motifs is 2. The van der Waals surface area contributed by atoms with Crippen molar-refractivity contribution < 1.29 is 52.7 Å². The van der Waals surface area contributed by atoms with Crippen LogP contribution in [0.3, 0.4) is 0 Å². The maximum absolute atomic E-state index is 14.3. The third kappa shape index (κ3) is 7.05. The van der Waals surface area contributed by atoms with Crippen molar-refractivity contribution in [3.8, 4) is 5.82 Å². The Balaban J connectivity index is 0.000000365. The van der Waals surface area contributed by atoms with Crippen LogP contribution in [0, 0.1) is 12.1 Å². The number of halogens is 3. The normalized spacial score (nSPS) is 18.8. The standard InChI is InChI=1S/C23H25F3N4O2S.C4H6O6/c1-15-17(12-30(28-15)21-16(13-31-2)4-3-7-27-21)11-29-8-5-22(6-9-29)20-18(10-19(24)33-20)23(25,26)14-32-22;5-1(3(7)8)2(6)4(9)10/h3-4,7,10,12H,5-6,8-9,11,13-14H2,1-2H3;1-2,5-6H,(H,7,8)(H,9,10)/t;1-,2-/m.1/s1. The molecule has 0 unspecified atom stereocenters. The van der Waals surface area contributed by atoms with Crippen molar-refractivity contribution in [1.82, 2.24) is 19.7 Å². The molecular weight excluding hydrogens is 597 g/mol. The van der Waals surface area contributed by atoms with Crippen molar-refractivity contribution in [2.45, 2.75) is 56.6 Å². The van der Waals surface area contributed by atoms with Crippen LogP contribution in [0.2, 0.25) is 0 Å². The summed E-state index contributed by atoms with van der Waals surface area (Å²) in [4.78, 5) is 26.6. The fourth-order valence-corrected chi connectivity index (χ4v) is 6.10. The van der Waals surface area contributed by atoms with Gasteiger partial charge in [-0.1, -0.05) is 6.07 Å². The van der Waals surface area contributed by atoms with Gasteiger partial charge in [-0.05, 0) is 31.9 Å². The Kier molecular flexibility index (Phi) is 9.88. The lowest BCUT2D eigenvalue weighted by Crippen LogP contribution is -2.48. The van der Waals surface area contributed by atoms with E-state index in [2.05, 4.69) is 15.0 Å². The summed E-state index contributed by atoms with van der Waals surface area (Å²) in [6.45, 7) is 3.70. The van der Waals surface area contributed by atoms with E-state index < -0.39 is 47.4 Å². The number of aromatic nitrogens is 3. The van der Waals surface area contributed by atoms with Gasteiger partial charge in [0, 0.05) is 60.7 Å². The molecule has 0 amide bonds. The lowest BCUT2D eigenvalue weighted by Gasteiger charge is -2.45. The van der Waals surface area contributed by atoms with Gasteiger partial charge in [-0.2, -0.15) is 18.3 Å². The molecule has 12 nitrogen and oxygen atoms in total. The molecule has 3 aromatic rings. The van der Waals surface area contributed by atoms with E-state index in [-0.39, 0.29) is 5.56 Å². The number of aliphatic carboxylic acids is 2. The van der Waals surface area contributed by atoms with E-state index in [0.29, 0.717) is 44.0 Å². The molecule has 0 aromatic carbocycles. The van der Waals surface area contributed by atoms with Crippen molar-refractivity contribution in [2.75, 3.05) is 26.8 Å². The predicted molar refractivity (Wildman–Crippen MR) is 144 cm³/mol. The molecule has 16 heteroatoms. The van der Waals surface area contributed by atoms with E-state index in [1.165, 1.54) is 0 Å². The van der Waals surface area contributed by atoms with Crippen LogP contribution in [0.1, 0.15) is 40.1 Å². The number of aryl methyl sites for hydroxylation is 1. The van der Waals surface area contributed by atoms with Gasteiger partial charge in [0.25, 0.3) is 5.92 Å². The number of thiophene rings is 1. The number of methoxy groups -OCH3 is 1. The fourth-order valence-electron chi connectivity index (χ4n) is 4.96. The largest absolute Gasteiger partial charge is 0.479 e. The molecular formula is C27H31F3N4O8S. The first-order chi connectivity index (χ1) is 20.3. The first kappa shape index (κ1) is 32.5. The molecule has 5 heterocycles. The van der Waals surface area contributed by atoms with E-state index in [9.17, 15) is 22.8 Å². The maximum Gasteiger partial charge on any atom is 0.335 e. The Morgan fingerprint density at radius 2 is 1.81 bits per heavy atom. The number of piperidine rings is 1. The summed E-state index contributed by atoms with van der Waals surface area (Å²) in [5.74, 6) is -5.95. The topological polar surface area (TPSA) is 167 Å². The minimum Gasteiger partial charge on any atom is -0.479 e. The molecule has 1 fully saturated rings. The molecule has 2 atom stereocenters. The van der Waals surface area contributed by atoms with Crippen LogP contribution in [0.5, 0.6) is 0 Å². The van der Waals surface area contributed by atoms with Gasteiger partial charge in [-0.15, -0.1) is 11.3 Å². The molecule has 2 aliphatic rings. The summed E-state index contributed by atoms with van der Waals surface area (Å²) in [5.41, 5.74) is 1.88. The number of ether oxygens (including phenoxy) is 2. The summed E-state index contributed by atoms with van der Waals surface area (Å²) in [6, 6.07) is 4.80. The number of hydrogen-bond donors (Lipinski definition) is 4. The minimum absolute atomic E-state index is 0.205. The second-order valence-corrected chi connectivity index (χ2v) is 11.2. The summed E-state index contributed by atoms with van der Waals surface area (Å²) in [5, 5.41) is 36.6. The molecule has 1 spiro atoms. The van der Waals surface area contributed by atoms with Crippen molar-refractivity contribution in [2.24, 2.45) is 0 Å². The Hall–Kier alpha value is -3.41. The van der Waals surface area contributed by atoms with Crippen LogP contribution in [0.25, 0.3) is 5.82 Å². The third-order valence-electron chi connectivity index (χ3n) is 7.29. The fraction of sp³-hybridized carbons (Fsp3) is 0.481. The zero-order valence-corrected chi connectivity index (χ0v) is 24.1. The Bertz CT molecular complexity index is 1440. The third-order valence-corrected chi connectivity index (χ3v) is 8.40. The van der Waals surface area contributed by atoms with Crippen LogP contribution < -0.4 is 0 Å². The lowest BCUT2D eigenvalue weighted by atomic mass is 9.84. The molecule has 43 heavy (non-hydrogen) atoms. The van der Waals surface area contributed by atoms with Gasteiger partial charge in [0.15, 0.2) is 23.2 Å². The summed E-state index contributed by atoms with van der Waals surface area (Å²) in [6.07, 6.45) is 0.258. The molecule has 234 valence electrons. The monoisotopic (exact) mass is 628 g/mol. The highest BCUT2D eigenvalue weighted by Crippen LogP contribution is 2.51. The van der Waals surface area contributed by atoms with Gasteiger partial charge in [-0.3, -0.25) is 4.90 Å². The number of nitrogens with zero attached hydrogens (tertiary/aromatic N) is 4. The van der Waals surface area contributed by atoms with Gasteiger partial charge in [0.05, 0.1) is 12.3 Å². The average Bonchev–Trinajstić information content (AvgIpc) is 3.55. The highest BCUT2D eigenvalue weighted by atomic mass is 32.1. The van der Waals surface area contributed by atoms with Gasteiger partial charge in [0.2, 0.25) is 0 Å². The number of carbonyl (C=O) groups is 2. The van der Waals surface area contributed by atoms with Gasteiger partial charge < -0.3 is 29.9 Å². The number of aliphatic hydroxyl groups is 2. The second-order valence-electron chi connectivity index (χ2n) is 10.2. The van der Waals surface area contributed by atoms with Crippen molar-refractivity contribution in [3.63, 3.8) is 0 Å². The summed E-state index contributed by atoms with van der Waals surface area (Å²) < 4.78 is 55.2. The van der Waals surface area contributed by atoms with Crippen LogP contribution in [-0.4, -0.2) is 91.0 Å². The molecule has 1 saturated heterocycles. The number of hydrogen-bond acceptors (Lipinski definition) is 10. The maximum atomic E-state index is 14.3. The minimum atomic E-state index is -3.14. The van der Waals surface area contributed by atoms with E-state index in [1.54, 1.807) is 18.0 Å². The number of alkyl halides is 2. The van der Waals surface area contributed by atoms with Crippen LogP contribution >= 0.6 is 11.3 Å². The SMILES string of the molecule is COCc1cccnc1-n1cc(CN2CCC3(CC2)OCC(F)(F)c2cc(F)sc23)c(C)n1.O=C(O)[C@H](O)[C@@H](O)C(=O)O. The van der Waals surface area contributed by atoms with Crippen LogP contribution in [-0.2, 0) is 43.7 Å². The molecule has 0 radical (unpaired) electrons. The Labute approximate surface area is 247 Å². The van der Waals surface area contributed by atoms with Crippen LogP contribution in [0.4, 0.5) is 13.2 Å². The smallest absolute Gasteiger partial charge is 0.335 e. The number of likely N-dealkylation sites (tertiary alicyclic amines) is 1. The molecule has 0 bridgehead atoms. The molecule has 3 aromatic heterocycles. The van der Waals surface area contributed by atoms with Crippen molar-refractivity contribution >= 4 is 23.3 Å². The van der Waals surface area contributed by atoms with E-state index >= 15 is 0 Å². The number of pyridine rings is 1. The van der Waals surface area contributed by atoms with Crippen molar-refractivity contribution in [1.29, 1.82) is 0 Å². The number of carboxylic acid groups (broad SMARTS) is 2. The zero-order valence-electron chi connectivity index (χ0n) is 23.2. The second kappa shape index (κ2) is 13.1. The zero-order chi connectivity index (χ0) is 31.5. The Morgan fingerprint density at radius 3 is 2.42 bits per heavy atom. The number of rotatable bonds is 8. The molecule has 0 aliphatic carbocycles. The van der Waals surface area contributed by atoms with Gasteiger partial charge in [-0.25, -0.2) is 19.3 Å². The van der Waals surface area contributed by atoms with E-state index in [1.807, 2.05) is 25.3 Å².